The third kappa shape index (κ3) is 3.15. The summed E-state index contributed by atoms with van der Waals surface area (Å²) in [6, 6.07) is 9.43. The highest BCUT2D eigenvalue weighted by molar-refractivity contribution is 5.49. The summed E-state index contributed by atoms with van der Waals surface area (Å²) in [6.45, 7) is 0. The lowest BCUT2D eigenvalue weighted by Gasteiger charge is -2.10. The monoisotopic (exact) mass is 209 g/mol. The van der Waals surface area contributed by atoms with E-state index in [0.29, 0.717) is 5.56 Å². The van der Waals surface area contributed by atoms with E-state index < -0.39 is 12.0 Å². The van der Waals surface area contributed by atoms with Gasteiger partial charge in [0.05, 0.1) is 0 Å². The normalized spacial score (nSPS) is 13.7. The van der Waals surface area contributed by atoms with Crippen molar-refractivity contribution < 1.29 is 13.9 Å². The number of rotatable bonds is 3. The third-order valence-corrected chi connectivity index (χ3v) is 1.79. The largest absolute Gasteiger partial charge is 0.381 e. The Morgan fingerprint density at radius 2 is 1.93 bits per heavy atom. The van der Waals surface area contributed by atoms with Crippen LogP contribution >= 0.6 is 0 Å². The van der Waals surface area contributed by atoms with Gasteiger partial charge in [-0.15, -0.1) is 0 Å². The van der Waals surface area contributed by atoms with E-state index in [2.05, 4.69) is 0 Å². The van der Waals surface area contributed by atoms with E-state index in [9.17, 15) is 8.78 Å². The molecular weight excluding hydrogens is 200 g/mol. The Hall–Kier alpha value is -1.73. The Morgan fingerprint density at radius 1 is 1.33 bits per heavy atom. The van der Waals surface area contributed by atoms with Crippen LogP contribution in [0.4, 0.5) is 8.78 Å². The summed E-state index contributed by atoms with van der Waals surface area (Å²) in [5.74, 6) is -3.74. The van der Waals surface area contributed by atoms with Crippen LogP contribution in [0.3, 0.4) is 0 Å². The van der Waals surface area contributed by atoms with E-state index in [1.807, 2.05) is 0 Å². The zero-order valence-corrected chi connectivity index (χ0v) is 7.77. The number of nitriles is 1. The molecule has 0 radical (unpaired) electrons. The van der Waals surface area contributed by atoms with Crippen LogP contribution in [-0.2, 0) is 0 Å². The minimum atomic E-state index is -3.74. The van der Waals surface area contributed by atoms with Crippen LogP contribution in [0.1, 0.15) is 5.56 Å². The van der Waals surface area contributed by atoms with Gasteiger partial charge in [-0.3, -0.25) is 0 Å². The fourth-order valence-electron chi connectivity index (χ4n) is 0.953. The van der Waals surface area contributed by atoms with Gasteiger partial charge in [-0.05, 0) is 11.6 Å². The van der Waals surface area contributed by atoms with Gasteiger partial charge in [0.15, 0.2) is 6.10 Å². The van der Waals surface area contributed by atoms with Crippen molar-refractivity contribution >= 4 is 6.08 Å². The van der Waals surface area contributed by atoms with Gasteiger partial charge in [-0.1, -0.05) is 36.4 Å². The highest BCUT2D eigenvalue weighted by Crippen LogP contribution is 2.18. The standard InChI is InChI=1S/C11H9F2NO/c12-11(13,8-14)10(15)7-6-9-4-2-1-3-5-9/h1-7,10,15H/b7-6+. The number of hydrogen-bond acceptors (Lipinski definition) is 2. The quantitative estimate of drug-likeness (QED) is 0.829. The lowest BCUT2D eigenvalue weighted by Crippen LogP contribution is -2.29. The first-order valence-electron chi connectivity index (χ1n) is 4.26. The Kier molecular flexibility index (Phi) is 3.53. The maximum absolute atomic E-state index is 12.6. The summed E-state index contributed by atoms with van der Waals surface area (Å²) >= 11 is 0. The second-order valence-electron chi connectivity index (χ2n) is 2.95. The van der Waals surface area contributed by atoms with Crippen LogP contribution in [0.15, 0.2) is 36.4 Å². The van der Waals surface area contributed by atoms with E-state index in [1.54, 1.807) is 30.3 Å². The first-order chi connectivity index (χ1) is 7.06. The number of nitrogens with zero attached hydrogens (tertiary/aromatic N) is 1. The first-order valence-corrected chi connectivity index (χ1v) is 4.26. The number of benzene rings is 1. The van der Waals surface area contributed by atoms with Gasteiger partial charge in [-0.2, -0.15) is 14.0 Å². The number of halogens is 2. The summed E-state index contributed by atoms with van der Waals surface area (Å²) in [6.07, 6.45) is 0.164. The van der Waals surface area contributed by atoms with Crippen LogP contribution in [-0.4, -0.2) is 17.1 Å². The molecule has 0 aliphatic rings. The van der Waals surface area contributed by atoms with Gasteiger partial charge in [0.1, 0.15) is 6.07 Å². The fraction of sp³-hybridized carbons (Fsp3) is 0.182. The molecular formula is C11H9F2NO. The van der Waals surface area contributed by atoms with Crippen molar-refractivity contribution in [2.75, 3.05) is 0 Å². The molecule has 15 heavy (non-hydrogen) atoms. The molecule has 0 aliphatic carbocycles. The van der Waals surface area contributed by atoms with Crippen LogP contribution in [0.2, 0.25) is 0 Å². The summed E-state index contributed by atoms with van der Waals surface area (Å²) < 4.78 is 25.2. The summed E-state index contributed by atoms with van der Waals surface area (Å²) in [5, 5.41) is 17.0. The fourth-order valence-corrected chi connectivity index (χ4v) is 0.953. The SMILES string of the molecule is N#CC(F)(F)C(O)/C=C/c1ccccc1. The first kappa shape index (κ1) is 11.3. The average molecular weight is 209 g/mol. The maximum atomic E-state index is 12.6. The van der Waals surface area contributed by atoms with Crippen LogP contribution in [0, 0.1) is 11.3 Å². The molecule has 4 heteroatoms. The van der Waals surface area contributed by atoms with Gasteiger partial charge in [0, 0.05) is 0 Å². The molecule has 1 aromatic rings. The second-order valence-corrected chi connectivity index (χ2v) is 2.95. The number of aliphatic hydroxyl groups is 1. The molecule has 0 bridgehead atoms. The molecule has 0 aliphatic heterocycles. The summed E-state index contributed by atoms with van der Waals surface area (Å²) in [4.78, 5) is 0. The van der Waals surface area contributed by atoms with E-state index >= 15 is 0 Å². The molecule has 1 N–H and O–H groups in total. The lowest BCUT2D eigenvalue weighted by molar-refractivity contribution is -0.0379. The van der Waals surface area contributed by atoms with E-state index in [1.165, 1.54) is 6.08 Å². The Labute approximate surface area is 86.1 Å². The third-order valence-electron chi connectivity index (χ3n) is 1.79. The minimum Gasteiger partial charge on any atom is -0.381 e. The Morgan fingerprint density at radius 3 is 2.47 bits per heavy atom. The molecule has 0 heterocycles. The molecule has 2 nitrogen and oxygen atoms in total. The van der Waals surface area contributed by atoms with Crippen molar-refractivity contribution in [1.82, 2.24) is 0 Å². The summed E-state index contributed by atoms with van der Waals surface area (Å²) in [7, 11) is 0. The highest BCUT2D eigenvalue weighted by Gasteiger charge is 2.36. The van der Waals surface area contributed by atoms with Crippen molar-refractivity contribution in [1.29, 1.82) is 5.26 Å². The smallest absolute Gasteiger partial charge is 0.360 e. The lowest BCUT2D eigenvalue weighted by atomic mass is 10.1. The zero-order valence-electron chi connectivity index (χ0n) is 7.77. The molecule has 0 saturated carbocycles. The van der Waals surface area contributed by atoms with Crippen molar-refractivity contribution in [3.05, 3.63) is 42.0 Å². The Balaban J connectivity index is 2.72. The van der Waals surface area contributed by atoms with E-state index in [0.717, 1.165) is 12.1 Å². The topological polar surface area (TPSA) is 44.0 Å². The molecule has 1 rings (SSSR count). The zero-order chi connectivity index (χ0) is 11.3. The molecule has 0 amide bonds. The van der Waals surface area contributed by atoms with Gasteiger partial charge in [-0.25, -0.2) is 0 Å². The molecule has 0 fully saturated rings. The van der Waals surface area contributed by atoms with Gasteiger partial charge in [0.2, 0.25) is 0 Å². The van der Waals surface area contributed by atoms with Crippen molar-refractivity contribution in [3.63, 3.8) is 0 Å². The van der Waals surface area contributed by atoms with Crippen molar-refractivity contribution in [2.45, 2.75) is 12.0 Å². The van der Waals surface area contributed by atoms with Crippen molar-refractivity contribution in [2.24, 2.45) is 0 Å². The van der Waals surface area contributed by atoms with Gasteiger partial charge in [0.25, 0.3) is 0 Å². The molecule has 78 valence electrons. The van der Waals surface area contributed by atoms with E-state index in [-0.39, 0.29) is 0 Å². The molecule has 0 aromatic heterocycles. The predicted octanol–water partition coefficient (Wildman–Crippen LogP) is 2.22. The molecule has 1 aromatic carbocycles. The highest BCUT2D eigenvalue weighted by atomic mass is 19.3. The van der Waals surface area contributed by atoms with Gasteiger partial charge < -0.3 is 5.11 Å². The molecule has 1 atom stereocenters. The average Bonchev–Trinajstić information content (AvgIpc) is 2.27. The number of aliphatic hydroxyl groups excluding tert-OH is 1. The van der Waals surface area contributed by atoms with Crippen LogP contribution < -0.4 is 0 Å². The minimum absolute atomic E-state index is 0.685. The maximum Gasteiger partial charge on any atom is 0.360 e. The van der Waals surface area contributed by atoms with Gasteiger partial charge >= 0.3 is 5.92 Å². The molecule has 1 unspecified atom stereocenters. The molecule has 0 spiro atoms. The predicted molar refractivity (Wildman–Crippen MR) is 52.0 cm³/mol. The van der Waals surface area contributed by atoms with E-state index in [4.69, 9.17) is 10.4 Å². The number of alkyl halides is 2. The van der Waals surface area contributed by atoms with Crippen molar-refractivity contribution in [3.8, 4) is 6.07 Å². The van der Waals surface area contributed by atoms with Crippen LogP contribution in [0.5, 0.6) is 0 Å². The Bertz CT molecular complexity index is 381. The second kappa shape index (κ2) is 4.67. The summed E-state index contributed by atoms with van der Waals surface area (Å²) in [5.41, 5.74) is 0.685. The number of hydrogen-bond donors (Lipinski definition) is 1. The van der Waals surface area contributed by atoms with Crippen LogP contribution in [0.25, 0.3) is 6.08 Å². The molecule has 0 saturated heterocycles.